The number of piperidine rings is 1. The van der Waals surface area contributed by atoms with Gasteiger partial charge < -0.3 is 5.32 Å². The molecule has 0 unspecified atom stereocenters. The number of hydrogen-bond donors (Lipinski definition) is 2. The first-order chi connectivity index (χ1) is 9.03. The van der Waals surface area contributed by atoms with Crippen LogP contribution in [-0.2, 0) is 10.0 Å². The van der Waals surface area contributed by atoms with E-state index in [2.05, 4.69) is 10.0 Å². The van der Waals surface area contributed by atoms with E-state index >= 15 is 0 Å². The highest BCUT2D eigenvalue weighted by Gasteiger charge is 2.24. The molecule has 1 aliphatic rings. The Morgan fingerprint density at radius 2 is 2.05 bits per heavy atom. The molecule has 0 spiro atoms. The lowest BCUT2D eigenvalue weighted by molar-refractivity contribution is 0.427. The summed E-state index contributed by atoms with van der Waals surface area (Å²) in [5.74, 6) is 0. The Bertz CT molecular complexity index is 604. The molecule has 0 atom stereocenters. The van der Waals surface area contributed by atoms with E-state index in [0.29, 0.717) is 5.02 Å². The molecule has 7 heteroatoms. The van der Waals surface area contributed by atoms with E-state index in [1.165, 1.54) is 18.2 Å². The fraction of sp³-hybridized carbons (Fsp3) is 0.417. The highest BCUT2D eigenvalue weighted by atomic mass is 35.5. The first-order valence-corrected chi connectivity index (χ1v) is 7.82. The summed E-state index contributed by atoms with van der Waals surface area (Å²) >= 11 is 5.81. The monoisotopic (exact) mass is 299 g/mol. The molecule has 1 aromatic carbocycles. The first kappa shape index (κ1) is 14.3. The van der Waals surface area contributed by atoms with Gasteiger partial charge in [0.15, 0.2) is 0 Å². The molecule has 0 aromatic heterocycles. The predicted molar refractivity (Wildman–Crippen MR) is 72.4 cm³/mol. The van der Waals surface area contributed by atoms with Gasteiger partial charge in [0.1, 0.15) is 11.0 Å². The Labute approximate surface area is 117 Å². The van der Waals surface area contributed by atoms with Gasteiger partial charge in [0.05, 0.1) is 5.56 Å². The number of hydrogen-bond acceptors (Lipinski definition) is 4. The van der Waals surface area contributed by atoms with Crippen molar-refractivity contribution in [2.24, 2.45) is 0 Å². The largest absolute Gasteiger partial charge is 0.317 e. The van der Waals surface area contributed by atoms with Gasteiger partial charge in [-0.15, -0.1) is 0 Å². The van der Waals surface area contributed by atoms with Gasteiger partial charge in [-0.1, -0.05) is 11.6 Å². The van der Waals surface area contributed by atoms with Gasteiger partial charge >= 0.3 is 0 Å². The Morgan fingerprint density at radius 3 is 2.68 bits per heavy atom. The van der Waals surface area contributed by atoms with Gasteiger partial charge in [-0.05, 0) is 44.1 Å². The summed E-state index contributed by atoms with van der Waals surface area (Å²) in [4.78, 5) is -0.0546. The van der Waals surface area contributed by atoms with Crippen LogP contribution in [0.15, 0.2) is 23.1 Å². The second-order valence-corrected chi connectivity index (χ2v) is 6.52. The molecular formula is C12H14ClN3O2S. The standard InChI is InChI=1S/C12H14ClN3O2S/c13-10-2-1-9(8-14)12(7-10)19(17,18)16-11-3-5-15-6-4-11/h1-2,7,11,15-16H,3-6H2. The molecule has 102 valence electrons. The van der Waals surface area contributed by atoms with E-state index in [1.807, 2.05) is 6.07 Å². The van der Waals surface area contributed by atoms with Crippen LogP contribution in [0.3, 0.4) is 0 Å². The van der Waals surface area contributed by atoms with Crippen LogP contribution in [0.1, 0.15) is 18.4 Å². The molecule has 2 rings (SSSR count). The summed E-state index contributed by atoms with van der Waals surface area (Å²) in [6.45, 7) is 1.57. The van der Waals surface area contributed by atoms with Crippen molar-refractivity contribution in [3.8, 4) is 6.07 Å². The third kappa shape index (κ3) is 3.45. The highest BCUT2D eigenvalue weighted by Crippen LogP contribution is 2.21. The number of nitrogens with one attached hydrogen (secondary N) is 2. The van der Waals surface area contributed by atoms with Crippen molar-refractivity contribution >= 4 is 21.6 Å². The van der Waals surface area contributed by atoms with Crippen molar-refractivity contribution in [1.29, 1.82) is 5.26 Å². The van der Waals surface area contributed by atoms with E-state index in [0.717, 1.165) is 25.9 Å². The van der Waals surface area contributed by atoms with Crippen LogP contribution in [0.25, 0.3) is 0 Å². The third-order valence-electron chi connectivity index (χ3n) is 3.01. The van der Waals surface area contributed by atoms with Gasteiger partial charge in [-0.25, -0.2) is 13.1 Å². The normalized spacial score (nSPS) is 17.1. The van der Waals surface area contributed by atoms with Crippen molar-refractivity contribution in [3.63, 3.8) is 0 Å². The predicted octanol–water partition coefficient (Wildman–Crippen LogP) is 1.24. The summed E-state index contributed by atoms with van der Waals surface area (Å²) in [5, 5.41) is 12.4. The van der Waals surface area contributed by atoms with E-state index in [9.17, 15) is 8.42 Å². The fourth-order valence-corrected chi connectivity index (χ4v) is 3.76. The summed E-state index contributed by atoms with van der Waals surface area (Å²) in [7, 11) is -3.71. The maximum Gasteiger partial charge on any atom is 0.242 e. The van der Waals surface area contributed by atoms with E-state index in [-0.39, 0.29) is 16.5 Å². The van der Waals surface area contributed by atoms with Crippen molar-refractivity contribution in [1.82, 2.24) is 10.0 Å². The second kappa shape index (κ2) is 5.88. The minimum absolute atomic E-state index is 0.0546. The molecule has 1 fully saturated rings. The number of nitriles is 1. The van der Waals surface area contributed by atoms with E-state index in [4.69, 9.17) is 16.9 Å². The van der Waals surface area contributed by atoms with Gasteiger partial charge in [0.25, 0.3) is 0 Å². The number of nitrogens with zero attached hydrogens (tertiary/aromatic N) is 1. The molecule has 1 heterocycles. The lowest BCUT2D eigenvalue weighted by Gasteiger charge is -2.23. The van der Waals surface area contributed by atoms with Crippen LogP contribution in [0.2, 0.25) is 5.02 Å². The molecule has 0 amide bonds. The summed E-state index contributed by atoms with van der Waals surface area (Å²) in [5.41, 5.74) is 0.103. The lowest BCUT2D eigenvalue weighted by Crippen LogP contribution is -2.42. The fourth-order valence-electron chi connectivity index (χ4n) is 2.03. The minimum atomic E-state index is -3.71. The van der Waals surface area contributed by atoms with Crippen molar-refractivity contribution in [3.05, 3.63) is 28.8 Å². The van der Waals surface area contributed by atoms with Gasteiger partial charge in [0.2, 0.25) is 10.0 Å². The number of halogens is 1. The topological polar surface area (TPSA) is 82.0 Å². The summed E-state index contributed by atoms with van der Waals surface area (Å²) < 4.78 is 27.2. The molecule has 1 aliphatic heterocycles. The van der Waals surface area contributed by atoms with Crippen molar-refractivity contribution in [2.45, 2.75) is 23.8 Å². The Hall–Kier alpha value is -1.13. The van der Waals surface area contributed by atoms with E-state index < -0.39 is 10.0 Å². The molecular weight excluding hydrogens is 286 g/mol. The number of rotatable bonds is 3. The molecule has 19 heavy (non-hydrogen) atoms. The van der Waals surface area contributed by atoms with Crippen LogP contribution in [0.4, 0.5) is 0 Å². The van der Waals surface area contributed by atoms with Crippen LogP contribution < -0.4 is 10.0 Å². The van der Waals surface area contributed by atoms with Crippen LogP contribution in [-0.4, -0.2) is 27.5 Å². The maximum atomic E-state index is 12.3. The zero-order valence-electron chi connectivity index (χ0n) is 10.2. The molecule has 5 nitrogen and oxygen atoms in total. The Morgan fingerprint density at radius 1 is 1.37 bits per heavy atom. The molecule has 0 aliphatic carbocycles. The highest BCUT2D eigenvalue weighted by molar-refractivity contribution is 7.89. The number of sulfonamides is 1. The molecule has 0 saturated carbocycles. The van der Waals surface area contributed by atoms with Crippen LogP contribution in [0.5, 0.6) is 0 Å². The third-order valence-corrected chi connectivity index (χ3v) is 4.81. The zero-order valence-corrected chi connectivity index (χ0v) is 11.8. The minimum Gasteiger partial charge on any atom is -0.317 e. The van der Waals surface area contributed by atoms with Crippen LogP contribution >= 0.6 is 11.6 Å². The molecule has 1 saturated heterocycles. The van der Waals surface area contributed by atoms with Crippen molar-refractivity contribution in [2.75, 3.05) is 13.1 Å². The van der Waals surface area contributed by atoms with Gasteiger partial charge in [0, 0.05) is 11.1 Å². The molecule has 1 aromatic rings. The van der Waals surface area contributed by atoms with Gasteiger partial charge in [-0.2, -0.15) is 5.26 Å². The SMILES string of the molecule is N#Cc1ccc(Cl)cc1S(=O)(=O)NC1CCNCC1. The second-order valence-electron chi connectivity index (χ2n) is 4.40. The molecule has 0 radical (unpaired) electrons. The van der Waals surface area contributed by atoms with Crippen LogP contribution in [0, 0.1) is 11.3 Å². The average molecular weight is 300 g/mol. The summed E-state index contributed by atoms with van der Waals surface area (Å²) in [6, 6.07) is 6.00. The zero-order chi connectivity index (χ0) is 13.9. The van der Waals surface area contributed by atoms with Crippen molar-refractivity contribution < 1.29 is 8.42 Å². The summed E-state index contributed by atoms with van der Waals surface area (Å²) in [6.07, 6.45) is 1.48. The quantitative estimate of drug-likeness (QED) is 0.880. The Balaban J connectivity index is 2.28. The molecule has 0 bridgehead atoms. The Kier molecular flexibility index (Phi) is 4.42. The molecule has 2 N–H and O–H groups in total. The lowest BCUT2D eigenvalue weighted by atomic mass is 10.1. The average Bonchev–Trinajstić information content (AvgIpc) is 2.39. The van der Waals surface area contributed by atoms with Gasteiger partial charge in [-0.3, -0.25) is 0 Å². The number of benzene rings is 1. The smallest absolute Gasteiger partial charge is 0.242 e. The maximum absolute atomic E-state index is 12.3. The van der Waals surface area contributed by atoms with E-state index in [1.54, 1.807) is 0 Å². The first-order valence-electron chi connectivity index (χ1n) is 5.95.